The molecule has 0 saturated carbocycles. The number of nitrogens with two attached hydrogens (primary N) is 1. The fourth-order valence-corrected chi connectivity index (χ4v) is 3.14. The minimum Gasteiger partial charge on any atom is -0.397 e. The van der Waals surface area contributed by atoms with E-state index in [-0.39, 0.29) is 4.90 Å². The van der Waals surface area contributed by atoms with Crippen molar-refractivity contribution in [3.05, 3.63) is 18.2 Å². The van der Waals surface area contributed by atoms with E-state index in [0.29, 0.717) is 5.69 Å². The highest BCUT2D eigenvalue weighted by molar-refractivity contribution is 7.89. The zero-order chi connectivity index (χ0) is 13.9. The number of hydrogen-bond acceptors (Lipinski definition) is 4. The predicted molar refractivity (Wildman–Crippen MR) is 77.8 cm³/mol. The maximum Gasteiger partial charge on any atom is 0.240 e. The number of nitrogens with one attached hydrogen (secondary N) is 1. The van der Waals surface area contributed by atoms with Crippen LogP contribution >= 0.6 is 0 Å². The topological polar surface area (TPSA) is 75.4 Å². The number of anilines is 2. The van der Waals surface area contributed by atoms with Gasteiger partial charge in [0.05, 0.1) is 16.3 Å². The number of rotatable bonds is 3. The van der Waals surface area contributed by atoms with E-state index >= 15 is 0 Å². The largest absolute Gasteiger partial charge is 0.397 e. The average Bonchev–Trinajstić information content (AvgIpc) is 2.68. The molecule has 19 heavy (non-hydrogen) atoms. The van der Waals surface area contributed by atoms with E-state index in [1.165, 1.54) is 19.9 Å². The molecule has 1 aliphatic rings. The fraction of sp³-hybridized carbons (Fsp3) is 0.538. The van der Waals surface area contributed by atoms with Crippen molar-refractivity contribution in [2.75, 3.05) is 30.8 Å². The molecule has 0 bridgehead atoms. The predicted octanol–water partition coefficient (Wildman–Crippen LogP) is 1.56. The Kier molecular flexibility index (Phi) is 4.31. The van der Waals surface area contributed by atoms with E-state index in [1.54, 1.807) is 18.2 Å². The van der Waals surface area contributed by atoms with Crippen LogP contribution in [0.3, 0.4) is 0 Å². The molecule has 0 aromatic heterocycles. The summed E-state index contributed by atoms with van der Waals surface area (Å²) in [5.41, 5.74) is 7.47. The molecule has 1 aromatic carbocycles. The molecule has 1 saturated heterocycles. The third-order valence-corrected chi connectivity index (χ3v) is 4.94. The molecule has 1 aromatic rings. The Balaban J connectivity index is 2.36. The highest BCUT2D eigenvalue weighted by atomic mass is 32.2. The van der Waals surface area contributed by atoms with Gasteiger partial charge in [-0.15, -0.1) is 0 Å². The van der Waals surface area contributed by atoms with Crippen molar-refractivity contribution < 1.29 is 8.42 Å². The molecule has 6 heteroatoms. The minimum absolute atomic E-state index is 0.267. The average molecular weight is 283 g/mol. The lowest BCUT2D eigenvalue weighted by atomic mass is 10.2. The Labute approximate surface area is 114 Å². The molecule has 0 unspecified atom stereocenters. The lowest BCUT2D eigenvalue weighted by molar-refractivity contribution is 0.588. The summed E-state index contributed by atoms with van der Waals surface area (Å²) in [5, 5.41) is 0. The van der Waals surface area contributed by atoms with Crippen molar-refractivity contribution in [1.82, 2.24) is 4.72 Å². The van der Waals surface area contributed by atoms with E-state index in [9.17, 15) is 8.42 Å². The van der Waals surface area contributed by atoms with Gasteiger partial charge in [-0.25, -0.2) is 13.1 Å². The molecule has 0 atom stereocenters. The summed E-state index contributed by atoms with van der Waals surface area (Å²) in [7, 11) is -2.00. The van der Waals surface area contributed by atoms with Gasteiger partial charge in [-0.3, -0.25) is 0 Å². The second-order valence-corrected chi connectivity index (χ2v) is 6.72. The first-order chi connectivity index (χ1) is 9.04. The molecule has 1 heterocycles. The van der Waals surface area contributed by atoms with Gasteiger partial charge in [0.2, 0.25) is 10.0 Å². The summed E-state index contributed by atoms with van der Waals surface area (Å²) < 4.78 is 26.0. The highest BCUT2D eigenvalue weighted by Gasteiger charge is 2.17. The Morgan fingerprint density at radius 3 is 2.37 bits per heavy atom. The van der Waals surface area contributed by atoms with Gasteiger partial charge in [0.25, 0.3) is 0 Å². The first-order valence-corrected chi connectivity index (χ1v) is 8.11. The van der Waals surface area contributed by atoms with E-state index < -0.39 is 10.0 Å². The standard InChI is InChI=1S/C13H21N3O2S/c1-15-19(17,18)11-6-7-12(14)13(10-11)16-8-4-2-3-5-9-16/h6-7,10,15H,2-5,8-9,14H2,1H3. The summed E-state index contributed by atoms with van der Waals surface area (Å²) in [6, 6.07) is 4.89. The van der Waals surface area contributed by atoms with Crippen LogP contribution in [0.25, 0.3) is 0 Å². The molecular formula is C13H21N3O2S. The number of hydrogen-bond donors (Lipinski definition) is 2. The third kappa shape index (κ3) is 3.19. The van der Waals surface area contributed by atoms with Gasteiger partial charge in [-0.1, -0.05) is 12.8 Å². The Morgan fingerprint density at radius 1 is 1.16 bits per heavy atom. The maximum atomic E-state index is 11.8. The van der Waals surface area contributed by atoms with Crippen LogP contribution in [0, 0.1) is 0 Å². The number of sulfonamides is 1. The summed E-state index contributed by atoms with van der Waals surface area (Å²) in [6.45, 7) is 1.88. The van der Waals surface area contributed by atoms with Crippen LogP contribution in [0.4, 0.5) is 11.4 Å². The van der Waals surface area contributed by atoms with Crippen molar-refractivity contribution >= 4 is 21.4 Å². The number of benzene rings is 1. The van der Waals surface area contributed by atoms with Gasteiger partial charge in [0.1, 0.15) is 0 Å². The van der Waals surface area contributed by atoms with Crippen molar-refractivity contribution in [3.63, 3.8) is 0 Å². The molecular weight excluding hydrogens is 262 g/mol. The van der Waals surface area contributed by atoms with Gasteiger partial charge >= 0.3 is 0 Å². The summed E-state index contributed by atoms with van der Waals surface area (Å²) in [6.07, 6.45) is 4.71. The fourth-order valence-electron chi connectivity index (χ4n) is 2.39. The first kappa shape index (κ1) is 14.1. The van der Waals surface area contributed by atoms with Crippen LogP contribution in [0.5, 0.6) is 0 Å². The minimum atomic E-state index is -3.42. The third-order valence-electron chi connectivity index (χ3n) is 3.53. The van der Waals surface area contributed by atoms with E-state index in [4.69, 9.17) is 5.73 Å². The number of nitrogen functional groups attached to an aromatic ring is 1. The van der Waals surface area contributed by atoms with Crippen molar-refractivity contribution in [2.24, 2.45) is 0 Å². The molecule has 1 aliphatic heterocycles. The molecule has 1 fully saturated rings. The smallest absolute Gasteiger partial charge is 0.240 e. The maximum absolute atomic E-state index is 11.8. The Hall–Kier alpha value is -1.27. The van der Waals surface area contributed by atoms with E-state index in [1.807, 2.05) is 0 Å². The molecule has 5 nitrogen and oxygen atoms in total. The molecule has 0 aliphatic carbocycles. The van der Waals surface area contributed by atoms with Crippen LogP contribution < -0.4 is 15.4 Å². The van der Waals surface area contributed by atoms with Crippen LogP contribution in [-0.2, 0) is 10.0 Å². The lowest BCUT2D eigenvalue weighted by Crippen LogP contribution is -2.26. The molecule has 0 spiro atoms. The van der Waals surface area contributed by atoms with Crippen molar-refractivity contribution in [1.29, 1.82) is 0 Å². The zero-order valence-electron chi connectivity index (χ0n) is 11.2. The molecule has 3 N–H and O–H groups in total. The van der Waals surface area contributed by atoms with E-state index in [0.717, 1.165) is 31.6 Å². The Bertz CT molecular complexity index is 535. The van der Waals surface area contributed by atoms with Gasteiger partial charge in [-0.05, 0) is 38.1 Å². The highest BCUT2D eigenvalue weighted by Crippen LogP contribution is 2.28. The summed E-state index contributed by atoms with van der Waals surface area (Å²) >= 11 is 0. The van der Waals surface area contributed by atoms with Gasteiger partial charge in [-0.2, -0.15) is 0 Å². The second kappa shape index (κ2) is 5.79. The molecule has 2 rings (SSSR count). The van der Waals surface area contributed by atoms with Crippen molar-refractivity contribution in [2.45, 2.75) is 30.6 Å². The molecule has 0 radical (unpaired) electrons. The first-order valence-electron chi connectivity index (χ1n) is 6.62. The summed E-state index contributed by atoms with van der Waals surface area (Å²) in [4.78, 5) is 2.46. The normalized spacial score (nSPS) is 17.2. The van der Waals surface area contributed by atoms with Crippen LogP contribution in [0.1, 0.15) is 25.7 Å². The lowest BCUT2D eigenvalue weighted by Gasteiger charge is -2.24. The van der Waals surface area contributed by atoms with Crippen LogP contribution in [0.2, 0.25) is 0 Å². The molecule has 106 valence electrons. The van der Waals surface area contributed by atoms with Crippen LogP contribution in [0.15, 0.2) is 23.1 Å². The second-order valence-electron chi connectivity index (χ2n) is 4.83. The van der Waals surface area contributed by atoms with Crippen LogP contribution in [-0.4, -0.2) is 28.6 Å². The molecule has 0 amide bonds. The monoisotopic (exact) mass is 283 g/mol. The number of nitrogens with zero attached hydrogens (tertiary/aromatic N) is 1. The quantitative estimate of drug-likeness (QED) is 0.825. The van der Waals surface area contributed by atoms with Crippen molar-refractivity contribution in [3.8, 4) is 0 Å². The van der Waals surface area contributed by atoms with Gasteiger partial charge < -0.3 is 10.6 Å². The van der Waals surface area contributed by atoms with Gasteiger partial charge in [0.15, 0.2) is 0 Å². The zero-order valence-corrected chi connectivity index (χ0v) is 12.0. The van der Waals surface area contributed by atoms with E-state index in [2.05, 4.69) is 9.62 Å². The SMILES string of the molecule is CNS(=O)(=O)c1ccc(N)c(N2CCCCCC2)c1. The summed E-state index contributed by atoms with van der Waals surface area (Å²) in [5.74, 6) is 0. The van der Waals surface area contributed by atoms with Gasteiger partial charge in [0, 0.05) is 13.1 Å². The Morgan fingerprint density at radius 2 is 1.79 bits per heavy atom.